The summed E-state index contributed by atoms with van der Waals surface area (Å²) < 4.78 is 40.4. The van der Waals surface area contributed by atoms with Crippen LogP contribution < -0.4 is 0 Å². The highest BCUT2D eigenvalue weighted by Crippen LogP contribution is 2.34. The lowest BCUT2D eigenvalue weighted by atomic mass is 9.78. The predicted octanol–water partition coefficient (Wildman–Crippen LogP) is 6.80. The van der Waals surface area contributed by atoms with Crippen LogP contribution in [-0.2, 0) is 6.42 Å². The third-order valence-corrected chi connectivity index (χ3v) is 5.54. The summed E-state index contributed by atoms with van der Waals surface area (Å²) in [7, 11) is 0. The summed E-state index contributed by atoms with van der Waals surface area (Å²) in [5.41, 5.74) is 1.07. The second kappa shape index (κ2) is 7.58. The summed E-state index contributed by atoms with van der Waals surface area (Å²) in [4.78, 5) is 0. The van der Waals surface area contributed by atoms with Crippen molar-refractivity contribution in [2.45, 2.75) is 58.3 Å². The molecule has 2 aromatic carbocycles. The van der Waals surface area contributed by atoms with E-state index in [1.165, 1.54) is 38.5 Å². The SMILES string of the molecule is CCCC1CCC(CCc2ccc3c(F)c(F)c(F)cc3c2)CC1. The first kappa shape index (κ1) is 17.3. The number of benzene rings is 2. The first-order valence-electron chi connectivity index (χ1n) is 9.14. The maximum atomic E-state index is 13.8. The molecule has 1 saturated carbocycles. The van der Waals surface area contributed by atoms with Crippen LogP contribution in [0.15, 0.2) is 24.3 Å². The van der Waals surface area contributed by atoms with E-state index in [0.29, 0.717) is 5.39 Å². The van der Waals surface area contributed by atoms with Crippen molar-refractivity contribution in [1.82, 2.24) is 0 Å². The van der Waals surface area contributed by atoms with Gasteiger partial charge in [0, 0.05) is 5.39 Å². The van der Waals surface area contributed by atoms with Crippen molar-refractivity contribution in [2.24, 2.45) is 11.8 Å². The van der Waals surface area contributed by atoms with Gasteiger partial charge < -0.3 is 0 Å². The number of hydrogen-bond acceptors (Lipinski definition) is 0. The van der Waals surface area contributed by atoms with Crippen LogP contribution in [-0.4, -0.2) is 0 Å². The van der Waals surface area contributed by atoms with Crippen molar-refractivity contribution in [1.29, 1.82) is 0 Å². The summed E-state index contributed by atoms with van der Waals surface area (Å²) in [5, 5.41) is 0.591. The van der Waals surface area contributed by atoms with Crippen molar-refractivity contribution in [3.8, 4) is 0 Å². The minimum absolute atomic E-state index is 0.151. The first-order chi connectivity index (χ1) is 11.6. The van der Waals surface area contributed by atoms with Crippen molar-refractivity contribution in [2.75, 3.05) is 0 Å². The molecule has 0 bridgehead atoms. The van der Waals surface area contributed by atoms with Gasteiger partial charge in [-0.1, -0.05) is 63.6 Å². The Hall–Kier alpha value is -1.51. The normalized spacial score (nSPS) is 21.3. The molecule has 3 rings (SSSR count). The molecule has 1 aliphatic carbocycles. The molecule has 0 amide bonds. The molecule has 2 aromatic rings. The van der Waals surface area contributed by atoms with Gasteiger partial charge in [-0.05, 0) is 41.7 Å². The van der Waals surface area contributed by atoms with Crippen LogP contribution >= 0.6 is 0 Å². The first-order valence-corrected chi connectivity index (χ1v) is 9.14. The molecule has 0 nitrogen and oxygen atoms in total. The quantitative estimate of drug-likeness (QED) is 0.528. The zero-order chi connectivity index (χ0) is 17.1. The average Bonchev–Trinajstić information content (AvgIpc) is 2.59. The average molecular weight is 334 g/mol. The van der Waals surface area contributed by atoms with Gasteiger partial charge in [0.05, 0.1) is 0 Å². The van der Waals surface area contributed by atoms with Crippen LogP contribution in [0.3, 0.4) is 0 Å². The van der Waals surface area contributed by atoms with Crippen LogP contribution in [0.1, 0.15) is 57.4 Å². The summed E-state index contributed by atoms with van der Waals surface area (Å²) >= 11 is 0. The smallest absolute Gasteiger partial charge is 0.195 e. The van der Waals surface area contributed by atoms with E-state index in [1.54, 1.807) is 12.1 Å². The van der Waals surface area contributed by atoms with Crippen molar-refractivity contribution < 1.29 is 13.2 Å². The molecule has 3 heteroatoms. The Kier molecular flexibility index (Phi) is 5.47. The van der Waals surface area contributed by atoms with Gasteiger partial charge in [0.1, 0.15) is 0 Å². The number of hydrogen-bond donors (Lipinski definition) is 0. The predicted molar refractivity (Wildman–Crippen MR) is 92.5 cm³/mol. The molecule has 1 aliphatic rings. The largest absolute Gasteiger partial charge is 0.204 e. The number of aryl methyl sites for hydroxylation is 1. The van der Waals surface area contributed by atoms with E-state index in [0.717, 1.165) is 36.3 Å². The summed E-state index contributed by atoms with van der Waals surface area (Å²) in [6, 6.07) is 6.29. The highest BCUT2D eigenvalue weighted by Gasteiger charge is 2.20. The van der Waals surface area contributed by atoms with Crippen molar-refractivity contribution in [3.05, 3.63) is 47.3 Å². The molecule has 0 radical (unpaired) electrons. The Morgan fingerprint density at radius 3 is 2.21 bits per heavy atom. The fraction of sp³-hybridized carbons (Fsp3) is 0.524. The molecule has 0 unspecified atom stereocenters. The lowest BCUT2D eigenvalue weighted by Crippen LogP contribution is -2.15. The molecular formula is C21H25F3. The summed E-state index contributed by atoms with van der Waals surface area (Å²) in [6.07, 6.45) is 9.94. The van der Waals surface area contributed by atoms with Gasteiger partial charge in [0.25, 0.3) is 0 Å². The fourth-order valence-corrected chi connectivity index (χ4v) is 4.10. The molecular weight excluding hydrogens is 309 g/mol. The number of fused-ring (bicyclic) bond motifs is 1. The van der Waals surface area contributed by atoms with E-state index < -0.39 is 17.5 Å². The molecule has 0 heterocycles. The second-order valence-electron chi connectivity index (χ2n) is 7.26. The molecule has 0 spiro atoms. The van der Waals surface area contributed by atoms with Crippen LogP contribution in [0.4, 0.5) is 13.2 Å². The highest BCUT2D eigenvalue weighted by atomic mass is 19.2. The number of rotatable bonds is 5. The second-order valence-corrected chi connectivity index (χ2v) is 7.26. The van der Waals surface area contributed by atoms with Crippen molar-refractivity contribution in [3.63, 3.8) is 0 Å². The van der Waals surface area contributed by atoms with Crippen LogP contribution in [0.5, 0.6) is 0 Å². The van der Waals surface area contributed by atoms with Gasteiger partial charge in [-0.25, -0.2) is 13.2 Å². The minimum atomic E-state index is -1.39. The summed E-state index contributed by atoms with van der Waals surface area (Å²) in [6.45, 7) is 2.25. The highest BCUT2D eigenvalue weighted by molar-refractivity contribution is 5.84. The Morgan fingerprint density at radius 1 is 0.875 bits per heavy atom. The van der Waals surface area contributed by atoms with Gasteiger partial charge in [-0.15, -0.1) is 0 Å². The maximum absolute atomic E-state index is 13.8. The van der Waals surface area contributed by atoms with E-state index >= 15 is 0 Å². The molecule has 24 heavy (non-hydrogen) atoms. The van der Waals surface area contributed by atoms with Gasteiger partial charge in [0.2, 0.25) is 0 Å². The molecule has 1 fully saturated rings. The zero-order valence-electron chi connectivity index (χ0n) is 14.3. The van der Waals surface area contributed by atoms with E-state index in [1.807, 2.05) is 6.07 Å². The van der Waals surface area contributed by atoms with Gasteiger partial charge in [-0.3, -0.25) is 0 Å². The van der Waals surface area contributed by atoms with Gasteiger partial charge >= 0.3 is 0 Å². The molecule has 0 saturated heterocycles. The third kappa shape index (κ3) is 3.76. The summed E-state index contributed by atoms with van der Waals surface area (Å²) in [5.74, 6) is -1.93. The zero-order valence-corrected chi connectivity index (χ0v) is 14.3. The Balaban J connectivity index is 1.63. The maximum Gasteiger partial charge on any atom is 0.195 e. The van der Waals surface area contributed by atoms with E-state index in [-0.39, 0.29) is 5.39 Å². The third-order valence-electron chi connectivity index (χ3n) is 5.54. The van der Waals surface area contributed by atoms with Gasteiger partial charge in [0.15, 0.2) is 17.5 Å². The standard InChI is InChI=1S/C21H25F3/c1-2-3-14-4-6-15(7-5-14)8-9-16-10-11-18-17(12-16)13-19(22)21(24)20(18)23/h10-15H,2-9H2,1H3. The molecule has 0 aliphatic heterocycles. The lowest BCUT2D eigenvalue weighted by molar-refractivity contribution is 0.252. The van der Waals surface area contributed by atoms with Crippen molar-refractivity contribution >= 4 is 10.8 Å². The van der Waals surface area contributed by atoms with Gasteiger partial charge in [-0.2, -0.15) is 0 Å². The van der Waals surface area contributed by atoms with Crippen LogP contribution in [0.25, 0.3) is 10.8 Å². The number of halogens is 3. The minimum Gasteiger partial charge on any atom is -0.204 e. The Bertz CT molecular complexity index is 700. The monoisotopic (exact) mass is 334 g/mol. The molecule has 0 aromatic heterocycles. The lowest BCUT2D eigenvalue weighted by Gasteiger charge is -2.28. The molecule has 130 valence electrons. The van der Waals surface area contributed by atoms with E-state index in [2.05, 4.69) is 6.92 Å². The van der Waals surface area contributed by atoms with E-state index in [4.69, 9.17) is 0 Å². The van der Waals surface area contributed by atoms with Crippen LogP contribution in [0, 0.1) is 29.3 Å². The fourth-order valence-electron chi connectivity index (χ4n) is 4.10. The topological polar surface area (TPSA) is 0 Å². The Labute approximate surface area is 142 Å². The van der Waals surface area contributed by atoms with Crippen LogP contribution in [0.2, 0.25) is 0 Å². The molecule has 0 atom stereocenters. The Morgan fingerprint density at radius 2 is 1.54 bits per heavy atom. The molecule has 0 N–H and O–H groups in total. The van der Waals surface area contributed by atoms with E-state index in [9.17, 15) is 13.2 Å².